The van der Waals surface area contributed by atoms with Crippen LogP contribution in [0.1, 0.15) is 43.5 Å². The van der Waals surface area contributed by atoms with Gasteiger partial charge in [0.15, 0.2) is 0 Å². The van der Waals surface area contributed by atoms with E-state index in [-0.39, 0.29) is 29.1 Å². The lowest BCUT2D eigenvalue weighted by atomic mass is 9.72. The van der Waals surface area contributed by atoms with Gasteiger partial charge in [0.05, 0.1) is 30.0 Å². The normalized spacial score (nSPS) is 24.5. The van der Waals surface area contributed by atoms with Crippen LogP contribution in [0.25, 0.3) is 0 Å². The average molecular weight is 399 g/mol. The van der Waals surface area contributed by atoms with Gasteiger partial charge in [-0.25, -0.2) is 0 Å². The SMILES string of the molecule is Cc1cnc(CN2CC3(CCC2=O)CCN(C(=O)C2CC(=O)N(C)C2)CC3)cn1. The number of amides is 3. The van der Waals surface area contributed by atoms with Crippen LogP contribution in [0.15, 0.2) is 12.4 Å². The Bertz CT molecular complexity index is 801. The van der Waals surface area contributed by atoms with E-state index in [1.165, 1.54) is 0 Å². The van der Waals surface area contributed by atoms with Crippen molar-refractivity contribution < 1.29 is 14.4 Å². The van der Waals surface area contributed by atoms with E-state index in [1.807, 2.05) is 16.7 Å². The Morgan fingerprint density at radius 1 is 1.14 bits per heavy atom. The summed E-state index contributed by atoms with van der Waals surface area (Å²) in [6, 6.07) is 0. The fourth-order valence-electron chi connectivity index (χ4n) is 4.84. The number of nitrogens with zero attached hydrogens (tertiary/aromatic N) is 5. The quantitative estimate of drug-likeness (QED) is 0.757. The van der Waals surface area contributed by atoms with Crippen LogP contribution in [-0.4, -0.2) is 75.6 Å². The number of rotatable bonds is 3. The van der Waals surface area contributed by atoms with E-state index in [0.29, 0.717) is 45.6 Å². The molecule has 3 fully saturated rings. The van der Waals surface area contributed by atoms with Crippen LogP contribution in [-0.2, 0) is 20.9 Å². The van der Waals surface area contributed by atoms with Gasteiger partial charge in [-0.3, -0.25) is 24.4 Å². The Morgan fingerprint density at radius 2 is 1.90 bits per heavy atom. The van der Waals surface area contributed by atoms with E-state index in [2.05, 4.69) is 9.97 Å². The number of hydrogen-bond acceptors (Lipinski definition) is 5. The lowest BCUT2D eigenvalue weighted by Gasteiger charge is -2.47. The van der Waals surface area contributed by atoms with Crippen molar-refractivity contribution in [3.8, 4) is 0 Å². The highest BCUT2D eigenvalue weighted by Gasteiger charge is 2.43. The first-order valence-electron chi connectivity index (χ1n) is 10.4. The monoisotopic (exact) mass is 399 g/mol. The van der Waals surface area contributed by atoms with E-state index in [0.717, 1.165) is 30.7 Å². The maximum atomic E-state index is 12.8. The van der Waals surface area contributed by atoms with Gasteiger partial charge in [0, 0.05) is 52.3 Å². The number of carbonyl (C=O) groups excluding carboxylic acids is 3. The van der Waals surface area contributed by atoms with Crippen LogP contribution in [0.4, 0.5) is 0 Å². The van der Waals surface area contributed by atoms with Crippen molar-refractivity contribution in [1.82, 2.24) is 24.7 Å². The zero-order valence-corrected chi connectivity index (χ0v) is 17.3. The minimum Gasteiger partial charge on any atom is -0.345 e. The molecule has 3 amide bonds. The largest absolute Gasteiger partial charge is 0.345 e. The van der Waals surface area contributed by atoms with E-state index >= 15 is 0 Å². The maximum absolute atomic E-state index is 12.8. The van der Waals surface area contributed by atoms with E-state index in [4.69, 9.17) is 0 Å². The molecule has 0 saturated carbocycles. The summed E-state index contributed by atoms with van der Waals surface area (Å²) in [5, 5.41) is 0. The van der Waals surface area contributed by atoms with Gasteiger partial charge >= 0.3 is 0 Å². The minimum atomic E-state index is -0.203. The molecule has 0 radical (unpaired) electrons. The van der Waals surface area contributed by atoms with E-state index in [1.54, 1.807) is 24.3 Å². The molecular formula is C21H29N5O3. The molecule has 156 valence electrons. The molecule has 4 rings (SSSR count). The highest BCUT2D eigenvalue weighted by Crippen LogP contribution is 2.41. The van der Waals surface area contributed by atoms with Crippen molar-refractivity contribution in [3.05, 3.63) is 23.8 Å². The van der Waals surface area contributed by atoms with Crippen LogP contribution in [0.2, 0.25) is 0 Å². The molecular weight excluding hydrogens is 370 g/mol. The van der Waals surface area contributed by atoms with Gasteiger partial charge in [0.1, 0.15) is 0 Å². The van der Waals surface area contributed by atoms with Gasteiger partial charge in [0.2, 0.25) is 17.7 Å². The third kappa shape index (κ3) is 4.11. The van der Waals surface area contributed by atoms with Gasteiger partial charge in [-0.05, 0) is 31.6 Å². The Balaban J connectivity index is 1.36. The molecule has 1 unspecified atom stereocenters. The predicted octanol–water partition coefficient (Wildman–Crippen LogP) is 0.995. The third-order valence-corrected chi connectivity index (χ3v) is 6.76. The standard InChI is InChI=1S/C21H29N5O3/c1-15-10-23-17(11-22-15)13-26-14-21(4-3-18(26)27)5-7-25(8-6-21)20(29)16-9-19(28)24(2)12-16/h10-11,16H,3-9,12-14H2,1-2H3. The number of aryl methyl sites for hydroxylation is 1. The fourth-order valence-corrected chi connectivity index (χ4v) is 4.84. The van der Waals surface area contributed by atoms with Gasteiger partial charge in [-0.2, -0.15) is 0 Å². The summed E-state index contributed by atoms with van der Waals surface area (Å²) in [6.07, 6.45) is 7.04. The summed E-state index contributed by atoms with van der Waals surface area (Å²) in [5.41, 5.74) is 1.75. The van der Waals surface area contributed by atoms with Gasteiger partial charge in [-0.15, -0.1) is 0 Å². The van der Waals surface area contributed by atoms with Gasteiger partial charge in [0.25, 0.3) is 0 Å². The van der Waals surface area contributed by atoms with Crippen LogP contribution in [0.3, 0.4) is 0 Å². The molecule has 8 nitrogen and oxygen atoms in total. The second-order valence-corrected chi connectivity index (χ2v) is 8.90. The minimum absolute atomic E-state index is 0.0532. The van der Waals surface area contributed by atoms with Crippen LogP contribution in [0.5, 0.6) is 0 Å². The highest BCUT2D eigenvalue weighted by molar-refractivity contribution is 5.89. The van der Waals surface area contributed by atoms with E-state index in [9.17, 15) is 14.4 Å². The molecule has 4 heterocycles. The zero-order valence-electron chi connectivity index (χ0n) is 17.3. The maximum Gasteiger partial charge on any atom is 0.227 e. The summed E-state index contributed by atoms with van der Waals surface area (Å²) >= 11 is 0. The number of aromatic nitrogens is 2. The van der Waals surface area contributed by atoms with Crippen molar-refractivity contribution in [3.63, 3.8) is 0 Å². The summed E-state index contributed by atoms with van der Waals surface area (Å²) < 4.78 is 0. The van der Waals surface area contributed by atoms with Crippen molar-refractivity contribution in [2.45, 2.75) is 45.6 Å². The first-order chi connectivity index (χ1) is 13.8. The van der Waals surface area contributed by atoms with Crippen molar-refractivity contribution >= 4 is 17.7 Å². The summed E-state index contributed by atoms with van der Waals surface area (Å²) in [6.45, 7) is 5.05. The number of carbonyl (C=O) groups is 3. The van der Waals surface area contributed by atoms with Crippen molar-refractivity contribution in [1.29, 1.82) is 0 Å². The van der Waals surface area contributed by atoms with Crippen molar-refractivity contribution in [2.24, 2.45) is 11.3 Å². The molecule has 29 heavy (non-hydrogen) atoms. The first kappa shape index (κ1) is 19.8. The fraction of sp³-hybridized carbons (Fsp3) is 0.667. The number of hydrogen-bond donors (Lipinski definition) is 0. The molecule has 3 saturated heterocycles. The van der Waals surface area contributed by atoms with Gasteiger partial charge < -0.3 is 14.7 Å². The van der Waals surface area contributed by atoms with Crippen LogP contribution >= 0.6 is 0 Å². The topological polar surface area (TPSA) is 86.7 Å². The molecule has 8 heteroatoms. The molecule has 1 aromatic rings. The summed E-state index contributed by atoms with van der Waals surface area (Å²) in [5.74, 6) is 0.129. The first-order valence-corrected chi connectivity index (χ1v) is 10.4. The third-order valence-electron chi connectivity index (χ3n) is 6.76. The summed E-state index contributed by atoms with van der Waals surface area (Å²) in [4.78, 5) is 51.2. The predicted molar refractivity (Wildman–Crippen MR) is 105 cm³/mol. The van der Waals surface area contributed by atoms with Gasteiger partial charge in [-0.1, -0.05) is 0 Å². The zero-order chi connectivity index (χ0) is 20.6. The lowest BCUT2D eigenvalue weighted by Crippen LogP contribution is -2.53. The molecule has 1 aromatic heterocycles. The molecule has 1 spiro atoms. The molecule has 1 atom stereocenters. The Morgan fingerprint density at radius 3 is 2.52 bits per heavy atom. The Hall–Kier alpha value is -2.51. The Kier molecular flexibility index (Phi) is 5.27. The second kappa shape index (κ2) is 7.72. The molecule has 3 aliphatic rings. The highest BCUT2D eigenvalue weighted by atomic mass is 16.2. The lowest BCUT2D eigenvalue weighted by molar-refractivity contribution is -0.144. The molecule has 0 aromatic carbocycles. The smallest absolute Gasteiger partial charge is 0.227 e. The second-order valence-electron chi connectivity index (χ2n) is 8.90. The number of likely N-dealkylation sites (tertiary alicyclic amines) is 3. The molecule has 0 bridgehead atoms. The molecule has 0 aliphatic carbocycles. The Labute approximate surface area is 171 Å². The summed E-state index contributed by atoms with van der Waals surface area (Å²) in [7, 11) is 1.76. The van der Waals surface area contributed by atoms with Crippen molar-refractivity contribution in [2.75, 3.05) is 33.2 Å². The van der Waals surface area contributed by atoms with Crippen LogP contribution < -0.4 is 0 Å². The molecule has 0 N–H and O–H groups in total. The molecule has 3 aliphatic heterocycles. The van der Waals surface area contributed by atoms with E-state index < -0.39 is 0 Å². The number of piperidine rings is 2. The average Bonchev–Trinajstić information content (AvgIpc) is 3.05. The van der Waals surface area contributed by atoms with Crippen LogP contribution in [0, 0.1) is 18.3 Å².